The zero-order valence-electron chi connectivity index (χ0n) is 11.4. The first-order chi connectivity index (χ1) is 8.46. The van der Waals surface area contributed by atoms with Gasteiger partial charge < -0.3 is 9.84 Å². The Bertz CT molecular complexity index is 460. The van der Waals surface area contributed by atoms with E-state index in [0.717, 1.165) is 23.7 Å². The van der Waals surface area contributed by atoms with Gasteiger partial charge in [-0.2, -0.15) is 0 Å². The van der Waals surface area contributed by atoms with E-state index >= 15 is 0 Å². The van der Waals surface area contributed by atoms with Crippen LogP contribution in [-0.2, 0) is 6.42 Å². The molecule has 2 unspecified atom stereocenters. The quantitative estimate of drug-likeness (QED) is 0.884. The van der Waals surface area contributed by atoms with Crippen molar-refractivity contribution in [1.82, 2.24) is 0 Å². The minimum atomic E-state index is -0.327. The molecule has 1 heterocycles. The Morgan fingerprint density at radius 3 is 2.72 bits per heavy atom. The fraction of sp³-hybridized carbons (Fsp3) is 0.625. The van der Waals surface area contributed by atoms with E-state index in [9.17, 15) is 5.11 Å². The van der Waals surface area contributed by atoms with Gasteiger partial charge >= 0.3 is 0 Å². The summed E-state index contributed by atoms with van der Waals surface area (Å²) in [5.74, 6) is 2.08. The maximum atomic E-state index is 10.4. The van der Waals surface area contributed by atoms with Gasteiger partial charge in [-0.25, -0.2) is 0 Å². The molecular formula is C16H22O2. The van der Waals surface area contributed by atoms with Gasteiger partial charge in [0.2, 0.25) is 0 Å². The molecule has 1 aromatic rings. The monoisotopic (exact) mass is 246 g/mol. The first kappa shape index (κ1) is 12.0. The first-order valence-corrected chi connectivity index (χ1v) is 6.96. The lowest BCUT2D eigenvalue weighted by Crippen LogP contribution is -2.24. The molecule has 1 aliphatic heterocycles. The van der Waals surface area contributed by atoms with Crippen LogP contribution in [0, 0.1) is 11.8 Å². The minimum absolute atomic E-state index is 0.103. The van der Waals surface area contributed by atoms with Crippen LogP contribution in [0.4, 0.5) is 0 Å². The van der Waals surface area contributed by atoms with Crippen molar-refractivity contribution in [2.45, 2.75) is 51.7 Å². The molecule has 0 spiro atoms. The number of rotatable bonds is 3. The number of aliphatic hydroxyl groups excluding tert-OH is 1. The van der Waals surface area contributed by atoms with Gasteiger partial charge in [0.15, 0.2) is 0 Å². The second kappa shape index (κ2) is 3.99. The standard InChI is InChI=1S/C16H22O2/c1-10(11-4-5-11)15(17)12-6-7-14-13(8-12)9-16(2,3)18-14/h6-8,10-11,15,17H,4-5,9H2,1-3H3. The summed E-state index contributed by atoms with van der Waals surface area (Å²) in [4.78, 5) is 0. The van der Waals surface area contributed by atoms with Crippen molar-refractivity contribution in [1.29, 1.82) is 0 Å². The van der Waals surface area contributed by atoms with Gasteiger partial charge in [0.1, 0.15) is 11.4 Å². The second-order valence-corrected chi connectivity index (χ2v) is 6.55. The molecule has 2 nitrogen and oxygen atoms in total. The molecule has 1 fully saturated rings. The fourth-order valence-corrected chi connectivity index (χ4v) is 3.00. The van der Waals surface area contributed by atoms with Gasteiger partial charge in [-0.15, -0.1) is 0 Å². The largest absolute Gasteiger partial charge is 0.487 e. The zero-order chi connectivity index (χ0) is 12.9. The lowest BCUT2D eigenvalue weighted by molar-refractivity contribution is 0.106. The van der Waals surface area contributed by atoms with Crippen LogP contribution in [0.15, 0.2) is 18.2 Å². The summed E-state index contributed by atoms with van der Waals surface area (Å²) in [6, 6.07) is 6.17. The highest BCUT2D eigenvalue weighted by Crippen LogP contribution is 2.44. The molecule has 0 radical (unpaired) electrons. The lowest BCUT2D eigenvalue weighted by Gasteiger charge is -2.19. The van der Waals surface area contributed by atoms with E-state index in [0.29, 0.717) is 5.92 Å². The normalized spacial score (nSPS) is 24.2. The van der Waals surface area contributed by atoms with Crippen LogP contribution >= 0.6 is 0 Å². The third kappa shape index (κ3) is 2.14. The Kier molecular flexibility index (Phi) is 2.67. The summed E-state index contributed by atoms with van der Waals surface area (Å²) in [7, 11) is 0. The molecule has 18 heavy (non-hydrogen) atoms. The summed E-state index contributed by atoms with van der Waals surface area (Å²) >= 11 is 0. The van der Waals surface area contributed by atoms with Crippen molar-refractivity contribution in [3.8, 4) is 5.75 Å². The molecule has 1 aromatic carbocycles. The van der Waals surface area contributed by atoms with E-state index in [2.05, 4.69) is 26.8 Å². The summed E-state index contributed by atoms with van der Waals surface area (Å²) < 4.78 is 5.87. The summed E-state index contributed by atoms with van der Waals surface area (Å²) in [5.41, 5.74) is 2.18. The van der Waals surface area contributed by atoms with Crippen LogP contribution in [0.3, 0.4) is 0 Å². The molecule has 2 aliphatic rings. The third-order valence-electron chi connectivity index (χ3n) is 4.29. The molecule has 1 saturated carbocycles. The van der Waals surface area contributed by atoms with E-state index < -0.39 is 0 Å². The highest BCUT2D eigenvalue weighted by molar-refractivity contribution is 5.42. The minimum Gasteiger partial charge on any atom is -0.487 e. The average Bonchev–Trinajstić information content (AvgIpc) is 3.08. The van der Waals surface area contributed by atoms with Crippen molar-refractivity contribution in [3.63, 3.8) is 0 Å². The van der Waals surface area contributed by atoms with E-state index in [1.807, 2.05) is 12.1 Å². The summed E-state index contributed by atoms with van der Waals surface area (Å²) in [6.07, 6.45) is 3.16. The average molecular weight is 246 g/mol. The van der Waals surface area contributed by atoms with Crippen LogP contribution < -0.4 is 4.74 Å². The van der Waals surface area contributed by atoms with Gasteiger partial charge in [0.05, 0.1) is 6.10 Å². The summed E-state index contributed by atoms with van der Waals surface area (Å²) in [6.45, 7) is 6.38. The van der Waals surface area contributed by atoms with E-state index in [4.69, 9.17) is 4.74 Å². The van der Waals surface area contributed by atoms with Gasteiger partial charge in [0.25, 0.3) is 0 Å². The number of hydrogen-bond acceptors (Lipinski definition) is 2. The lowest BCUT2D eigenvalue weighted by atomic mass is 9.91. The molecular weight excluding hydrogens is 224 g/mol. The molecule has 2 atom stereocenters. The van der Waals surface area contributed by atoms with Gasteiger partial charge in [-0.1, -0.05) is 13.0 Å². The molecule has 0 saturated heterocycles. The fourth-order valence-electron chi connectivity index (χ4n) is 3.00. The second-order valence-electron chi connectivity index (χ2n) is 6.55. The Hall–Kier alpha value is -1.02. The maximum absolute atomic E-state index is 10.4. The Labute approximate surface area is 109 Å². The first-order valence-electron chi connectivity index (χ1n) is 6.96. The van der Waals surface area contributed by atoms with Gasteiger partial charge in [-0.05, 0) is 61.8 Å². The van der Waals surface area contributed by atoms with Crippen LogP contribution in [0.5, 0.6) is 5.75 Å². The van der Waals surface area contributed by atoms with Crippen molar-refractivity contribution in [2.75, 3.05) is 0 Å². The summed E-state index contributed by atoms with van der Waals surface area (Å²) in [5, 5.41) is 10.4. The van der Waals surface area contributed by atoms with Crippen molar-refractivity contribution in [3.05, 3.63) is 29.3 Å². The van der Waals surface area contributed by atoms with Crippen molar-refractivity contribution < 1.29 is 9.84 Å². The van der Waals surface area contributed by atoms with Crippen LogP contribution in [-0.4, -0.2) is 10.7 Å². The zero-order valence-corrected chi connectivity index (χ0v) is 11.4. The van der Waals surface area contributed by atoms with Crippen molar-refractivity contribution >= 4 is 0 Å². The molecule has 3 rings (SSSR count). The van der Waals surface area contributed by atoms with E-state index in [-0.39, 0.29) is 11.7 Å². The van der Waals surface area contributed by atoms with Crippen LogP contribution in [0.25, 0.3) is 0 Å². The topological polar surface area (TPSA) is 29.5 Å². The Morgan fingerprint density at radius 2 is 2.06 bits per heavy atom. The number of ether oxygens (including phenoxy) is 1. The Morgan fingerprint density at radius 1 is 1.33 bits per heavy atom. The predicted molar refractivity (Wildman–Crippen MR) is 71.7 cm³/mol. The van der Waals surface area contributed by atoms with Gasteiger partial charge in [0, 0.05) is 6.42 Å². The number of aliphatic hydroxyl groups is 1. The highest BCUT2D eigenvalue weighted by Gasteiger charge is 2.34. The number of fused-ring (bicyclic) bond motifs is 1. The van der Waals surface area contributed by atoms with Crippen LogP contribution in [0.2, 0.25) is 0 Å². The molecule has 1 N–H and O–H groups in total. The molecule has 0 aromatic heterocycles. The molecule has 0 amide bonds. The highest BCUT2D eigenvalue weighted by atomic mass is 16.5. The molecule has 1 aliphatic carbocycles. The molecule has 0 bridgehead atoms. The SMILES string of the molecule is CC(C1CC1)C(O)c1ccc2c(c1)CC(C)(C)O2. The van der Waals surface area contributed by atoms with Crippen LogP contribution in [0.1, 0.15) is 50.8 Å². The van der Waals surface area contributed by atoms with E-state index in [1.165, 1.54) is 18.4 Å². The van der Waals surface area contributed by atoms with Crippen molar-refractivity contribution in [2.24, 2.45) is 11.8 Å². The van der Waals surface area contributed by atoms with Gasteiger partial charge in [-0.3, -0.25) is 0 Å². The number of hydrogen-bond donors (Lipinski definition) is 1. The maximum Gasteiger partial charge on any atom is 0.123 e. The predicted octanol–water partition coefficient (Wildman–Crippen LogP) is 3.48. The number of benzene rings is 1. The van der Waals surface area contributed by atoms with E-state index in [1.54, 1.807) is 0 Å². The smallest absolute Gasteiger partial charge is 0.123 e. The Balaban J connectivity index is 1.83. The molecule has 2 heteroatoms. The molecule has 98 valence electrons. The third-order valence-corrected chi connectivity index (χ3v) is 4.29.